The molecule has 1 amide bonds. The van der Waals surface area contributed by atoms with Gasteiger partial charge >= 0.3 is 0 Å². The van der Waals surface area contributed by atoms with E-state index in [0.717, 1.165) is 43.9 Å². The third-order valence-electron chi connectivity index (χ3n) is 4.57. The Morgan fingerprint density at radius 1 is 1.41 bits per heavy atom. The molecule has 3 rings (SSSR count). The summed E-state index contributed by atoms with van der Waals surface area (Å²) in [4.78, 5) is 19.2. The molecule has 0 N–H and O–H groups in total. The van der Waals surface area contributed by atoms with Crippen LogP contribution in [-0.2, 0) is 22.5 Å². The number of nitrogens with zero attached hydrogens (tertiary/aromatic N) is 4. The van der Waals surface area contributed by atoms with Crippen LogP contribution in [0.3, 0.4) is 0 Å². The molecule has 0 bridgehead atoms. The Balaban J connectivity index is 1.71. The summed E-state index contributed by atoms with van der Waals surface area (Å²) in [5.74, 6) is 2.58. The highest BCUT2D eigenvalue weighted by atomic mass is 16.5. The highest BCUT2D eigenvalue weighted by Crippen LogP contribution is 2.26. The molecule has 6 nitrogen and oxygen atoms in total. The van der Waals surface area contributed by atoms with Crippen LogP contribution in [0, 0.1) is 5.92 Å². The molecule has 1 saturated heterocycles. The van der Waals surface area contributed by atoms with Gasteiger partial charge in [0.15, 0.2) is 5.82 Å². The average molecular weight is 306 g/mol. The minimum atomic E-state index is -0.252. The molecule has 0 spiro atoms. The Morgan fingerprint density at radius 2 is 2.23 bits per heavy atom. The summed E-state index contributed by atoms with van der Waals surface area (Å²) in [6, 6.07) is -0.0225. The van der Waals surface area contributed by atoms with Crippen LogP contribution in [-0.4, -0.2) is 44.8 Å². The number of aryl methyl sites for hydroxylation is 1. The van der Waals surface area contributed by atoms with Crippen molar-refractivity contribution in [3.05, 3.63) is 11.6 Å². The lowest BCUT2D eigenvalue weighted by Crippen LogP contribution is -2.45. The Hall–Kier alpha value is -1.43. The smallest absolute Gasteiger partial charge is 0.252 e. The number of ether oxygens (including phenoxy) is 1. The van der Waals surface area contributed by atoms with Gasteiger partial charge in [0.25, 0.3) is 5.91 Å². The van der Waals surface area contributed by atoms with E-state index in [-0.39, 0.29) is 18.1 Å². The lowest BCUT2D eigenvalue weighted by molar-refractivity contribution is -0.144. The summed E-state index contributed by atoms with van der Waals surface area (Å²) in [6.07, 6.45) is 3.57. The van der Waals surface area contributed by atoms with Gasteiger partial charge in [-0.25, -0.2) is 9.67 Å². The van der Waals surface area contributed by atoms with Gasteiger partial charge in [0.05, 0.1) is 12.6 Å². The fourth-order valence-corrected chi connectivity index (χ4v) is 3.19. The van der Waals surface area contributed by atoms with Crippen molar-refractivity contribution < 1.29 is 9.53 Å². The van der Waals surface area contributed by atoms with Crippen LogP contribution in [0.5, 0.6) is 0 Å². The summed E-state index contributed by atoms with van der Waals surface area (Å²) in [5.41, 5.74) is 0. The Labute approximate surface area is 131 Å². The van der Waals surface area contributed by atoms with E-state index >= 15 is 0 Å². The maximum atomic E-state index is 12.6. The maximum absolute atomic E-state index is 12.6. The molecule has 22 heavy (non-hydrogen) atoms. The first kappa shape index (κ1) is 15.5. The molecule has 6 heteroatoms. The quantitative estimate of drug-likeness (QED) is 0.853. The highest BCUT2D eigenvalue weighted by molar-refractivity contribution is 5.81. The summed E-state index contributed by atoms with van der Waals surface area (Å²) < 4.78 is 7.51. The second kappa shape index (κ2) is 6.36. The molecular weight excluding hydrogens is 280 g/mol. The fraction of sp³-hybridized carbons (Fsp3) is 0.812. The van der Waals surface area contributed by atoms with Crippen LogP contribution in [0.4, 0.5) is 0 Å². The maximum Gasteiger partial charge on any atom is 0.252 e. The van der Waals surface area contributed by atoms with Crippen LogP contribution in [0.1, 0.15) is 57.7 Å². The van der Waals surface area contributed by atoms with Crippen molar-refractivity contribution in [2.45, 2.75) is 65.1 Å². The van der Waals surface area contributed by atoms with Gasteiger partial charge in [-0.15, -0.1) is 0 Å². The summed E-state index contributed by atoms with van der Waals surface area (Å²) in [5, 5.41) is 4.60. The van der Waals surface area contributed by atoms with Crippen LogP contribution in [0.25, 0.3) is 0 Å². The number of carbonyl (C=O) groups excluding carboxylic acids is 1. The second-order valence-corrected chi connectivity index (χ2v) is 6.75. The normalized spacial score (nSPS) is 24.8. The van der Waals surface area contributed by atoms with Gasteiger partial charge in [0.2, 0.25) is 0 Å². The monoisotopic (exact) mass is 306 g/mol. The van der Waals surface area contributed by atoms with Crippen molar-refractivity contribution in [2.24, 2.45) is 5.92 Å². The first-order valence-electron chi connectivity index (χ1n) is 8.42. The van der Waals surface area contributed by atoms with Crippen molar-refractivity contribution in [1.82, 2.24) is 19.7 Å². The van der Waals surface area contributed by atoms with Crippen molar-refractivity contribution in [1.29, 1.82) is 0 Å². The molecule has 122 valence electrons. The molecule has 1 aromatic rings. The van der Waals surface area contributed by atoms with E-state index < -0.39 is 0 Å². The Bertz CT molecular complexity index is 534. The zero-order valence-corrected chi connectivity index (χ0v) is 13.8. The molecule has 2 aliphatic heterocycles. The molecule has 3 heterocycles. The zero-order chi connectivity index (χ0) is 15.7. The number of aromatic nitrogens is 3. The molecule has 0 unspecified atom stereocenters. The average Bonchev–Trinajstić information content (AvgIpc) is 3.14. The highest BCUT2D eigenvalue weighted by Gasteiger charge is 2.35. The predicted molar refractivity (Wildman–Crippen MR) is 82.3 cm³/mol. The first-order valence-corrected chi connectivity index (χ1v) is 8.42. The molecule has 0 saturated carbocycles. The molecule has 0 aliphatic carbocycles. The van der Waals surface area contributed by atoms with Crippen LogP contribution in [0.2, 0.25) is 0 Å². The van der Waals surface area contributed by atoms with E-state index in [1.807, 2.05) is 16.5 Å². The van der Waals surface area contributed by atoms with Gasteiger partial charge in [0, 0.05) is 19.6 Å². The molecule has 2 atom stereocenters. The fourth-order valence-electron chi connectivity index (χ4n) is 3.19. The minimum absolute atomic E-state index is 0.0225. The molecule has 0 radical (unpaired) electrons. The van der Waals surface area contributed by atoms with Crippen LogP contribution < -0.4 is 0 Å². The standard InChI is InChI=1S/C16H26N4O2/c1-11(2)6-7-14-17-15-12(3)19(8-9-20(15)18-14)16(21)13-5-4-10-22-13/h11-13H,4-10H2,1-3H3/t12-,13-/m1/s1. The van der Waals surface area contributed by atoms with Gasteiger partial charge in [-0.3, -0.25) is 4.79 Å². The molecule has 2 aliphatic rings. The topological polar surface area (TPSA) is 60.2 Å². The number of hydrogen-bond acceptors (Lipinski definition) is 4. The van der Waals surface area contributed by atoms with Crippen LogP contribution in [0.15, 0.2) is 0 Å². The van der Waals surface area contributed by atoms with Crippen molar-refractivity contribution >= 4 is 5.91 Å². The summed E-state index contributed by atoms with van der Waals surface area (Å²) >= 11 is 0. The van der Waals surface area contributed by atoms with E-state index in [1.54, 1.807) is 0 Å². The van der Waals surface area contributed by atoms with Crippen molar-refractivity contribution in [2.75, 3.05) is 13.2 Å². The van der Waals surface area contributed by atoms with E-state index in [2.05, 4.69) is 23.9 Å². The van der Waals surface area contributed by atoms with E-state index in [1.165, 1.54) is 0 Å². The second-order valence-electron chi connectivity index (χ2n) is 6.75. The SMILES string of the molecule is CC(C)CCc1nc2n(n1)CCN(C(=O)[C@H]1CCCO1)[C@@H]2C. The number of hydrogen-bond donors (Lipinski definition) is 0. The lowest BCUT2D eigenvalue weighted by atomic mass is 10.1. The molecule has 1 fully saturated rings. The number of rotatable bonds is 4. The van der Waals surface area contributed by atoms with Gasteiger partial charge < -0.3 is 9.64 Å². The van der Waals surface area contributed by atoms with Crippen LogP contribution >= 0.6 is 0 Å². The Morgan fingerprint density at radius 3 is 2.91 bits per heavy atom. The number of carbonyl (C=O) groups is 1. The van der Waals surface area contributed by atoms with Crippen molar-refractivity contribution in [3.8, 4) is 0 Å². The summed E-state index contributed by atoms with van der Waals surface area (Å²) in [7, 11) is 0. The van der Waals surface area contributed by atoms with Gasteiger partial charge in [-0.1, -0.05) is 13.8 Å². The molecule has 1 aromatic heterocycles. The van der Waals surface area contributed by atoms with E-state index in [9.17, 15) is 4.79 Å². The minimum Gasteiger partial charge on any atom is -0.368 e. The molecule has 0 aromatic carbocycles. The van der Waals surface area contributed by atoms with Crippen molar-refractivity contribution in [3.63, 3.8) is 0 Å². The third-order valence-corrected chi connectivity index (χ3v) is 4.57. The largest absolute Gasteiger partial charge is 0.368 e. The first-order chi connectivity index (χ1) is 10.6. The van der Waals surface area contributed by atoms with E-state index in [4.69, 9.17) is 4.74 Å². The van der Waals surface area contributed by atoms with Gasteiger partial charge in [-0.2, -0.15) is 5.10 Å². The van der Waals surface area contributed by atoms with Gasteiger partial charge in [0.1, 0.15) is 11.9 Å². The van der Waals surface area contributed by atoms with Gasteiger partial charge in [-0.05, 0) is 32.1 Å². The van der Waals surface area contributed by atoms with E-state index in [0.29, 0.717) is 19.1 Å². The Kier molecular flexibility index (Phi) is 4.47. The number of amides is 1. The zero-order valence-electron chi connectivity index (χ0n) is 13.8. The summed E-state index contributed by atoms with van der Waals surface area (Å²) in [6.45, 7) is 8.58. The number of fused-ring (bicyclic) bond motifs is 1. The molecular formula is C16H26N4O2. The predicted octanol–water partition coefficient (Wildman–Crippen LogP) is 1.95. The third kappa shape index (κ3) is 3.02. The lowest BCUT2D eigenvalue weighted by Gasteiger charge is -2.34.